The van der Waals surface area contributed by atoms with Gasteiger partial charge in [0.2, 0.25) is 0 Å². The molecule has 4 heteroatoms. The molecule has 0 saturated heterocycles. The van der Waals surface area contributed by atoms with Crippen LogP contribution in [0.5, 0.6) is 0 Å². The van der Waals surface area contributed by atoms with Crippen molar-refractivity contribution in [1.29, 1.82) is 0 Å². The third kappa shape index (κ3) is 5.19. The minimum absolute atomic E-state index is 0.0724. The summed E-state index contributed by atoms with van der Waals surface area (Å²) in [5, 5.41) is 2.96. The topological polar surface area (TPSA) is 58.4 Å². The highest BCUT2D eigenvalue weighted by Crippen LogP contribution is 2.06. The molecule has 0 aliphatic rings. The first-order valence-corrected chi connectivity index (χ1v) is 6.23. The molecule has 2 amide bonds. The van der Waals surface area contributed by atoms with Crippen molar-refractivity contribution >= 4 is 6.03 Å². The van der Waals surface area contributed by atoms with Crippen molar-refractivity contribution in [3.8, 4) is 0 Å². The fraction of sp³-hybridized carbons (Fsp3) is 0.500. The number of benzene rings is 1. The fourth-order valence-electron chi connectivity index (χ4n) is 1.61. The Morgan fingerprint density at radius 3 is 2.39 bits per heavy atom. The lowest BCUT2D eigenvalue weighted by Gasteiger charge is -2.28. The van der Waals surface area contributed by atoms with Gasteiger partial charge in [0.05, 0.1) is 0 Å². The fourth-order valence-corrected chi connectivity index (χ4v) is 1.61. The summed E-state index contributed by atoms with van der Waals surface area (Å²) in [6.07, 6.45) is 0. The Morgan fingerprint density at radius 2 is 1.89 bits per heavy atom. The van der Waals surface area contributed by atoms with Crippen LogP contribution in [0.15, 0.2) is 30.3 Å². The maximum Gasteiger partial charge on any atom is 0.318 e. The Bertz CT molecular complexity index is 370. The monoisotopic (exact) mass is 249 g/mol. The second-order valence-corrected chi connectivity index (χ2v) is 5.38. The second kappa shape index (κ2) is 6.40. The summed E-state index contributed by atoms with van der Waals surface area (Å²) in [5.41, 5.74) is 6.43. The predicted molar refractivity (Wildman–Crippen MR) is 74.2 cm³/mol. The number of hydrogen-bond donors (Lipinski definition) is 2. The van der Waals surface area contributed by atoms with E-state index in [2.05, 4.69) is 5.32 Å². The van der Waals surface area contributed by atoms with Gasteiger partial charge in [-0.25, -0.2) is 4.79 Å². The van der Waals surface area contributed by atoms with Gasteiger partial charge in [0.15, 0.2) is 0 Å². The number of nitrogens with one attached hydrogen (secondary N) is 1. The molecule has 0 saturated carbocycles. The van der Waals surface area contributed by atoms with Gasteiger partial charge in [-0.3, -0.25) is 0 Å². The van der Waals surface area contributed by atoms with Crippen LogP contribution >= 0.6 is 0 Å². The van der Waals surface area contributed by atoms with Crippen molar-refractivity contribution in [3.63, 3.8) is 0 Å². The van der Waals surface area contributed by atoms with Gasteiger partial charge in [0, 0.05) is 25.2 Å². The molecule has 0 aliphatic carbocycles. The molecule has 0 heterocycles. The van der Waals surface area contributed by atoms with Gasteiger partial charge in [-0.2, -0.15) is 0 Å². The zero-order chi connectivity index (χ0) is 13.6. The standard InChI is InChI=1S/C14H23N3O/c1-14(2,3)16-13(18)17(10-9-15)11-12-7-5-4-6-8-12/h4-8H,9-11,15H2,1-3H3,(H,16,18). The van der Waals surface area contributed by atoms with Gasteiger partial charge in [-0.05, 0) is 26.3 Å². The molecule has 4 nitrogen and oxygen atoms in total. The van der Waals surface area contributed by atoms with Crippen LogP contribution in [0.4, 0.5) is 4.79 Å². The molecule has 0 radical (unpaired) electrons. The zero-order valence-corrected chi connectivity index (χ0v) is 11.4. The van der Waals surface area contributed by atoms with Crippen LogP contribution in [0, 0.1) is 0 Å². The molecule has 0 aliphatic heterocycles. The summed E-state index contributed by atoms with van der Waals surface area (Å²) in [7, 11) is 0. The number of carbonyl (C=O) groups is 1. The van der Waals surface area contributed by atoms with E-state index in [1.807, 2.05) is 51.1 Å². The molecule has 0 atom stereocenters. The highest BCUT2D eigenvalue weighted by atomic mass is 16.2. The molecule has 1 aromatic carbocycles. The minimum Gasteiger partial charge on any atom is -0.333 e. The number of rotatable bonds is 4. The van der Waals surface area contributed by atoms with E-state index in [0.717, 1.165) is 5.56 Å². The molecule has 0 spiro atoms. The Hall–Kier alpha value is -1.55. The molecular weight excluding hydrogens is 226 g/mol. The number of urea groups is 1. The van der Waals surface area contributed by atoms with Crippen molar-refractivity contribution in [2.24, 2.45) is 5.73 Å². The molecule has 0 fully saturated rings. The van der Waals surface area contributed by atoms with Crippen LogP contribution < -0.4 is 11.1 Å². The van der Waals surface area contributed by atoms with E-state index in [0.29, 0.717) is 19.6 Å². The van der Waals surface area contributed by atoms with E-state index in [1.165, 1.54) is 0 Å². The minimum atomic E-state index is -0.235. The Balaban J connectivity index is 2.68. The average molecular weight is 249 g/mol. The average Bonchev–Trinajstić information content (AvgIpc) is 2.27. The lowest BCUT2D eigenvalue weighted by Crippen LogP contribution is -2.49. The number of amides is 2. The largest absolute Gasteiger partial charge is 0.333 e. The lowest BCUT2D eigenvalue weighted by atomic mass is 10.1. The molecule has 3 N–H and O–H groups in total. The van der Waals surface area contributed by atoms with Gasteiger partial charge in [-0.1, -0.05) is 30.3 Å². The first-order chi connectivity index (χ1) is 8.42. The van der Waals surface area contributed by atoms with E-state index in [9.17, 15) is 4.79 Å². The molecule has 0 aromatic heterocycles. The summed E-state index contributed by atoms with van der Waals surface area (Å²) in [6.45, 7) is 7.50. The maximum absolute atomic E-state index is 12.1. The third-order valence-electron chi connectivity index (χ3n) is 2.38. The number of carbonyl (C=O) groups excluding carboxylic acids is 1. The first kappa shape index (κ1) is 14.5. The van der Waals surface area contributed by atoms with Gasteiger partial charge in [-0.15, -0.1) is 0 Å². The van der Waals surface area contributed by atoms with Crippen molar-refractivity contribution in [2.45, 2.75) is 32.9 Å². The number of nitrogens with two attached hydrogens (primary N) is 1. The lowest BCUT2D eigenvalue weighted by molar-refractivity contribution is 0.187. The number of nitrogens with zero attached hydrogens (tertiary/aromatic N) is 1. The summed E-state index contributed by atoms with van der Waals surface area (Å²) in [6, 6.07) is 9.85. The summed E-state index contributed by atoms with van der Waals surface area (Å²) in [5.74, 6) is 0. The van der Waals surface area contributed by atoms with Gasteiger partial charge in [0.1, 0.15) is 0 Å². The molecule has 1 rings (SSSR count). The number of hydrogen-bond acceptors (Lipinski definition) is 2. The molecule has 0 unspecified atom stereocenters. The summed E-state index contributed by atoms with van der Waals surface area (Å²) in [4.78, 5) is 13.8. The van der Waals surface area contributed by atoms with E-state index >= 15 is 0 Å². The van der Waals surface area contributed by atoms with Crippen LogP contribution in [0.25, 0.3) is 0 Å². The van der Waals surface area contributed by atoms with Crippen LogP contribution in [-0.2, 0) is 6.54 Å². The van der Waals surface area contributed by atoms with Crippen LogP contribution in [0.2, 0.25) is 0 Å². The van der Waals surface area contributed by atoms with Crippen LogP contribution in [0.1, 0.15) is 26.3 Å². The highest BCUT2D eigenvalue weighted by molar-refractivity contribution is 5.75. The highest BCUT2D eigenvalue weighted by Gasteiger charge is 2.19. The molecule has 18 heavy (non-hydrogen) atoms. The predicted octanol–water partition coefficient (Wildman–Crippen LogP) is 1.96. The van der Waals surface area contributed by atoms with Gasteiger partial charge >= 0.3 is 6.03 Å². The first-order valence-electron chi connectivity index (χ1n) is 6.23. The van der Waals surface area contributed by atoms with Crippen LogP contribution in [0.3, 0.4) is 0 Å². The van der Waals surface area contributed by atoms with E-state index in [1.54, 1.807) is 4.90 Å². The van der Waals surface area contributed by atoms with E-state index in [-0.39, 0.29) is 11.6 Å². The van der Waals surface area contributed by atoms with Crippen molar-refractivity contribution in [2.75, 3.05) is 13.1 Å². The third-order valence-corrected chi connectivity index (χ3v) is 2.38. The maximum atomic E-state index is 12.1. The van der Waals surface area contributed by atoms with E-state index in [4.69, 9.17) is 5.73 Å². The molecule has 1 aromatic rings. The van der Waals surface area contributed by atoms with Crippen molar-refractivity contribution < 1.29 is 4.79 Å². The zero-order valence-electron chi connectivity index (χ0n) is 11.4. The van der Waals surface area contributed by atoms with Gasteiger partial charge < -0.3 is 16.0 Å². The molecule has 100 valence electrons. The normalized spacial score (nSPS) is 11.1. The Kier molecular flexibility index (Phi) is 5.16. The second-order valence-electron chi connectivity index (χ2n) is 5.38. The summed E-state index contributed by atoms with van der Waals surface area (Å²) >= 11 is 0. The SMILES string of the molecule is CC(C)(C)NC(=O)N(CCN)Cc1ccccc1. The van der Waals surface area contributed by atoms with Gasteiger partial charge in [0.25, 0.3) is 0 Å². The summed E-state index contributed by atoms with van der Waals surface area (Å²) < 4.78 is 0. The molecule has 0 bridgehead atoms. The Morgan fingerprint density at radius 1 is 1.28 bits per heavy atom. The Labute approximate surface area is 109 Å². The van der Waals surface area contributed by atoms with Crippen molar-refractivity contribution in [3.05, 3.63) is 35.9 Å². The molecular formula is C14H23N3O. The van der Waals surface area contributed by atoms with Crippen molar-refractivity contribution in [1.82, 2.24) is 10.2 Å². The smallest absolute Gasteiger partial charge is 0.318 e. The van der Waals surface area contributed by atoms with E-state index < -0.39 is 0 Å². The quantitative estimate of drug-likeness (QED) is 0.857. The van der Waals surface area contributed by atoms with Crippen LogP contribution in [-0.4, -0.2) is 29.6 Å².